The highest BCUT2D eigenvalue weighted by Crippen LogP contribution is 2.28. The molecule has 6 N–H and O–H groups in total. The first kappa shape index (κ1) is 27.2. The first-order valence-electron chi connectivity index (χ1n) is 11.8. The van der Waals surface area contributed by atoms with E-state index in [0.717, 1.165) is 10.9 Å². The summed E-state index contributed by atoms with van der Waals surface area (Å²) >= 11 is 0. The van der Waals surface area contributed by atoms with E-state index in [-0.39, 0.29) is 37.8 Å². The van der Waals surface area contributed by atoms with E-state index in [1.54, 1.807) is 26.2 Å². The van der Waals surface area contributed by atoms with Gasteiger partial charge in [-0.15, -0.1) is 0 Å². The van der Waals surface area contributed by atoms with Gasteiger partial charge in [-0.05, 0) is 50.3 Å². The molecule has 3 aromatic rings. The molecule has 1 aromatic carbocycles. The number of aryl methyl sites for hydroxylation is 2. The van der Waals surface area contributed by atoms with Crippen molar-refractivity contribution in [3.63, 3.8) is 0 Å². The van der Waals surface area contributed by atoms with Gasteiger partial charge in [0.15, 0.2) is 0 Å². The van der Waals surface area contributed by atoms with Gasteiger partial charge in [0.1, 0.15) is 23.2 Å². The number of urea groups is 1. The molecule has 0 spiro atoms. The molecule has 37 heavy (non-hydrogen) atoms. The van der Waals surface area contributed by atoms with Crippen LogP contribution in [0.2, 0.25) is 0 Å². The number of furan rings is 1. The SMILES string of the molecule is CCC(NC(=O)Cc1c(C)c2cc3c(C)coc3cc2oc1=O)C(=O)NC(CCCNC(N)=O)C(=O)O. The Bertz CT molecular complexity index is 1410. The third-order valence-electron chi connectivity index (χ3n) is 6.16. The van der Waals surface area contributed by atoms with Gasteiger partial charge in [-0.2, -0.15) is 0 Å². The molecule has 3 rings (SSSR count). The summed E-state index contributed by atoms with van der Waals surface area (Å²) in [6, 6.07) is 0.516. The standard InChI is InChI=1S/C25H30N4O8/c1-4-17(22(31)29-18(23(32)33)6-5-7-27-25(26)35)28-21(30)9-16-13(3)15-8-14-12(2)11-36-19(14)10-20(15)37-24(16)34/h8,10-11,17-18H,4-7,9H2,1-3H3,(H,28,30)(H,29,31)(H,32,33)(H3,26,27,35). The maximum Gasteiger partial charge on any atom is 0.340 e. The van der Waals surface area contributed by atoms with Crippen molar-refractivity contribution in [3.05, 3.63) is 45.5 Å². The molecule has 0 radical (unpaired) electrons. The largest absolute Gasteiger partial charge is 0.480 e. The maximum atomic E-state index is 12.8. The van der Waals surface area contributed by atoms with Gasteiger partial charge in [0, 0.05) is 23.4 Å². The number of benzene rings is 1. The number of nitrogens with one attached hydrogen (secondary N) is 3. The van der Waals surface area contributed by atoms with Crippen LogP contribution in [0.5, 0.6) is 0 Å². The van der Waals surface area contributed by atoms with Gasteiger partial charge < -0.3 is 35.6 Å². The lowest BCUT2D eigenvalue weighted by molar-refractivity contribution is -0.142. The topological polar surface area (TPSA) is 194 Å². The molecule has 2 atom stereocenters. The van der Waals surface area contributed by atoms with Crippen LogP contribution < -0.4 is 27.3 Å². The molecular weight excluding hydrogens is 484 g/mol. The number of primary amides is 1. The highest BCUT2D eigenvalue weighted by Gasteiger charge is 2.26. The van der Waals surface area contributed by atoms with Crippen molar-refractivity contribution in [2.75, 3.05) is 6.54 Å². The predicted octanol–water partition coefficient (Wildman–Crippen LogP) is 1.61. The summed E-state index contributed by atoms with van der Waals surface area (Å²) in [7, 11) is 0. The fourth-order valence-corrected chi connectivity index (χ4v) is 4.05. The number of carbonyl (C=O) groups excluding carboxylic acids is 3. The smallest absolute Gasteiger partial charge is 0.340 e. The first-order chi connectivity index (χ1) is 17.5. The number of carboxylic acid groups (broad SMARTS) is 1. The number of hydrogen-bond donors (Lipinski definition) is 5. The number of carbonyl (C=O) groups is 4. The summed E-state index contributed by atoms with van der Waals surface area (Å²) in [6.45, 7) is 5.43. The maximum absolute atomic E-state index is 12.8. The zero-order chi connectivity index (χ0) is 27.3. The fourth-order valence-electron chi connectivity index (χ4n) is 4.05. The van der Waals surface area contributed by atoms with Gasteiger partial charge in [0.05, 0.1) is 18.2 Å². The van der Waals surface area contributed by atoms with Gasteiger partial charge >= 0.3 is 17.6 Å². The predicted molar refractivity (Wildman–Crippen MR) is 134 cm³/mol. The van der Waals surface area contributed by atoms with Gasteiger partial charge in [-0.25, -0.2) is 14.4 Å². The summed E-state index contributed by atoms with van der Waals surface area (Å²) in [5.41, 5.74) is 6.88. The Kier molecular flexibility index (Phi) is 8.53. The minimum atomic E-state index is -1.25. The monoisotopic (exact) mass is 514 g/mol. The Labute approximate surface area is 211 Å². The normalized spacial score (nSPS) is 12.7. The average Bonchev–Trinajstić information content (AvgIpc) is 3.20. The Morgan fingerprint density at radius 1 is 1.05 bits per heavy atom. The van der Waals surface area contributed by atoms with Crippen molar-refractivity contribution in [2.45, 2.75) is 58.5 Å². The molecule has 0 aliphatic rings. The van der Waals surface area contributed by atoms with Crippen LogP contribution in [-0.4, -0.2) is 47.5 Å². The van der Waals surface area contributed by atoms with Gasteiger partial charge in [-0.1, -0.05) is 6.92 Å². The molecule has 0 aliphatic heterocycles. The van der Waals surface area contributed by atoms with Crippen molar-refractivity contribution in [1.82, 2.24) is 16.0 Å². The molecule has 0 aliphatic carbocycles. The van der Waals surface area contributed by atoms with E-state index >= 15 is 0 Å². The molecule has 0 saturated carbocycles. The van der Waals surface area contributed by atoms with Crippen molar-refractivity contribution in [1.29, 1.82) is 0 Å². The number of carboxylic acids is 1. The molecular formula is C25H30N4O8. The highest BCUT2D eigenvalue weighted by atomic mass is 16.4. The van der Waals surface area contributed by atoms with E-state index < -0.39 is 41.5 Å². The molecule has 198 valence electrons. The van der Waals surface area contributed by atoms with Crippen molar-refractivity contribution in [3.8, 4) is 0 Å². The number of nitrogens with two attached hydrogens (primary N) is 1. The van der Waals surface area contributed by atoms with E-state index in [1.165, 1.54) is 0 Å². The Balaban J connectivity index is 1.70. The third kappa shape index (κ3) is 6.46. The molecule has 2 heterocycles. The summed E-state index contributed by atoms with van der Waals surface area (Å²) < 4.78 is 10.9. The second-order valence-corrected chi connectivity index (χ2v) is 8.79. The lowest BCUT2D eigenvalue weighted by Crippen LogP contribution is -2.51. The summed E-state index contributed by atoms with van der Waals surface area (Å²) in [5, 5.41) is 18.3. The number of rotatable bonds is 11. The second-order valence-electron chi connectivity index (χ2n) is 8.79. The van der Waals surface area contributed by atoms with Gasteiger partial charge in [0.2, 0.25) is 11.8 Å². The Hall–Kier alpha value is -4.35. The van der Waals surface area contributed by atoms with Crippen LogP contribution in [0.1, 0.15) is 42.9 Å². The summed E-state index contributed by atoms with van der Waals surface area (Å²) in [4.78, 5) is 60.4. The minimum Gasteiger partial charge on any atom is -0.480 e. The van der Waals surface area contributed by atoms with E-state index in [2.05, 4.69) is 16.0 Å². The van der Waals surface area contributed by atoms with E-state index in [9.17, 15) is 29.1 Å². The van der Waals surface area contributed by atoms with Crippen molar-refractivity contribution < 1.29 is 33.1 Å². The van der Waals surface area contributed by atoms with E-state index in [1.807, 2.05) is 13.0 Å². The van der Waals surface area contributed by atoms with Crippen LogP contribution in [0.4, 0.5) is 4.79 Å². The lowest BCUT2D eigenvalue weighted by Gasteiger charge is -2.20. The molecule has 2 unspecified atom stereocenters. The molecule has 0 saturated heterocycles. The number of hydrogen-bond acceptors (Lipinski definition) is 7. The Morgan fingerprint density at radius 3 is 2.43 bits per heavy atom. The zero-order valence-corrected chi connectivity index (χ0v) is 20.8. The zero-order valence-electron chi connectivity index (χ0n) is 20.8. The van der Waals surface area contributed by atoms with E-state index in [0.29, 0.717) is 22.1 Å². The van der Waals surface area contributed by atoms with E-state index in [4.69, 9.17) is 14.6 Å². The number of aliphatic carboxylic acids is 1. The molecule has 0 bridgehead atoms. The van der Waals surface area contributed by atoms with Crippen molar-refractivity contribution >= 4 is 45.8 Å². The van der Waals surface area contributed by atoms with Crippen LogP contribution >= 0.6 is 0 Å². The van der Waals surface area contributed by atoms with Crippen LogP contribution in [0.15, 0.2) is 32.0 Å². The quantitative estimate of drug-likeness (QED) is 0.188. The lowest BCUT2D eigenvalue weighted by atomic mass is 10.0. The second kappa shape index (κ2) is 11.6. The van der Waals surface area contributed by atoms with Gasteiger partial charge in [-0.3, -0.25) is 9.59 Å². The number of fused-ring (bicyclic) bond motifs is 2. The molecule has 4 amide bonds. The molecule has 2 aromatic heterocycles. The number of amides is 4. The van der Waals surface area contributed by atoms with Gasteiger partial charge in [0.25, 0.3) is 0 Å². The summed E-state index contributed by atoms with van der Waals surface area (Å²) in [6.07, 6.45) is 1.79. The molecule has 12 nitrogen and oxygen atoms in total. The minimum absolute atomic E-state index is 0.0481. The highest BCUT2D eigenvalue weighted by molar-refractivity contribution is 5.97. The fraction of sp³-hybridized carbons (Fsp3) is 0.400. The third-order valence-corrected chi connectivity index (χ3v) is 6.16. The summed E-state index contributed by atoms with van der Waals surface area (Å²) in [5.74, 6) is -2.51. The molecule has 0 fully saturated rings. The van der Waals surface area contributed by atoms with Crippen LogP contribution in [0.3, 0.4) is 0 Å². The average molecular weight is 515 g/mol. The van der Waals surface area contributed by atoms with Crippen LogP contribution in [0, 0.1) is 13.8 Å². The van der Waals surface area contributed by atoms with Crippen molar-refractivity contribution in [2.24, 2.45) is 5.73 Å². The van der Waals surface area contributed by atoms with Crippen LogP contribution in [-0.2, 0) is 20.8 Å². The first-order valence-corrected chi connectivity index (χ1v) is 11.8. The Morgan fingerprint density at radius 2 is 1.78 bits per heavy atom. The van der Waals surface area contributed by atoms with Crippen LogP contribution in [0.25, 0.3) is 21.9 Å². The molecule has 12 heteroatoms.